The normalized spacial score (nSPS) is 13.0. The monoisotopic (exact) mass is 243 g/mol. The van der Waals surface area contributed by atoms with Crippen molar-refractivity contribution in [3.63, 3.8) is 0 Å². The zero-order valence-electron chi connectivity index (χ0n) is 9.93. The summed E-state index contributed by atoms with van der Waals surface area (Å²) in [6.07, 6.45) is 1.86. The number of nitrogens with zero attached hydrogens (tertiary/aromatic N) is 1. The average molecular weight is 244 g/mol. The number of hydrogen-bond acceptors (Lipinski definition) is 2. The number of pyridine rings is 1. The first-order chi connectivity index (χ1) is 6.62. The molecular weight excluding hydrogens is 226 g/mol. The maximum absolute atomic E-state index is 6.22. The summed E-state index contributed by atoms with van der Waals surface area (Å²) in [6, 6.07) is 1.96. The number of thiol groups is 1. The van der Waals surface area contributed by atoms with E-state index in [1.807, 2.05) is 26.1 Å². The van der Waals surface area contributed by atoms with Crippen molar-refractivity contribution in [3.05, 3.63) is 28.5 Å². The van der Waals surface area contributed by atoms with E-state index in [0.29, 0.717) is 0 Å². The van der Waals surface area contributed by atoms with Crippen LogP contribution in [0.4, 0.5) is 0 Å². The fraction of sp³-hybridized carbons (Fsp3) is 0.583. The van der Waals surface area contributed by atoms with E-state index in [1.165, 1.54) is 0 Å². The molecule has 1 aromatic rings. The van der Waals surface area contributed by atoms with Gasteiger partial charge in [-0.3, -0.25) is 4.98 Å². The van der Waals surface area contributed by atoms with Crippen LogP contribution in [0, 0.1) is 0 Å². The molecule has 0 fully saturated rings. The van der Waals surface area contributed by atoms with Crippen molar-refractivity contribution in [2.24, 2.45) is 0 Å². The summed E-state index contributed by atoms with van der Waals surface area (Å²) in [5, 5.41) is 0.724. The first-order valence-corrected chi connectivity index (χ1v) is 5.84. The Morgan fingerprint density at radius 2 is 1.73 bits per heavy atom. The van der Waals surface area contributed by atoms with Crippen LogP contribution in [-0.4, -0.2) is 4.98 Å². The molecule has 0 spiro atoms. The Balaban J connectivity index is 3.21. The maximum Gasteiger partial charge on any atom is 0.0643 e. The van der Waals surface area contributed by atoms with Gasteiger partial charge in [-0.25, -0.2) is 0 Å². The van der Waals surface area contributed by atoms with Crippen LogP contribution >= 0.6 is 24.2 Å². The Labute approximate surface area is 103 Å². The van der Waals surface area contributed by atoms with Gasteiger partial charge >= 0.3 is 0 Å². The summed E-state index contributed by atoms with van der Waals surface area (Å²) < 4.78 is -0.201. The lowest BCUT2D eigenvalue weighted by molar-refractivity contribution is 0.567. The lowest BCUT2D eigenvalue weighted by Gasteiger charge is -2.23. The molecule has 0 saturated heterocycles. The van der Waals surface area contributed by atoms with Crippen LogP contribution in [0.25, 0.3) is 0 Å². The molecule has 1 nitrogen and oxygen atoms in total. The molecular formula is C12H18ClNS. The first-order valence-electron chi connectivity index (χ1n) is 5.01. The van der Waals surface area contributed by atoms with Gasteiger partial charge in [0.25, 0.3) is 0 Å². The van der Waals surface area contributed by atoms with E-state index in [9.17, 15) is 0 Å². The van der Waals surface area contributed by atoms with E-state index in [1.54, 1.807) is 0 Å². The molecule has 1 rings (SSSR count). The van der Waals surface area contributed by atoms with Gasteiger partial charge in [-0.15, -0.1) is 0 Å². The van der Waals surface area contributed by atoms with Gasteiger partial charge in [0, 0.05) is 16.4 Å². The Morgan fingerprint density at radius 3 is 2.07 bits per heavy atom. The molecule has 84 valence electrons. The van der Waals surface area contributed by atoms with Crippen molar-refractivity contribution in [1.82, 2.24) is 4.98 Å². The molecule has 0 radical (unpaired) electrons. The highest BCUT2D eigenvalue weighted by Gasteiger charge is 2.22. The van der Waals surface area contributed by atoms with Crippen LogP contribution in [0.3, 0.4) is 0 Å². The van der Waals surface area contributed by atoms with E-state index in [2.05, 4.69) is 38.4 Å². The fourth-order valence-electron chi connectivity index (χ4n) is 1.32. The van der Waals surface area contributed by atoms with E-state index < -0.39 is 0 Å². The van der Waals surface area contributed by atoms with Crippen molar-refractivity contribution in [1.29, 1.82) is 0 Å². The van der Waals surface area contributed by atoms with E-state index >= 15 is 0 Å². The van der Waals surface area contributed by atoms with Gasteiger partial charge < -0.3 is 0 Å². The van der Waals surface area contributed by atoms with Crippen molar-refractivity contribution in [2.45, 2.75) is 44.8 Å². The lowest BCUT2D eigenvalue weighted by Crippen LogP contribution is -2.16. The van der Waals surface area contributed by atoms with Crippen LogP contribution in [0.5, 0.6) is 0 Å². The van der Waals surface area contributed by atoms with Crippen LogP contribution < -0.4 is 0 Å². The van der Waals surface area contributed by atoms with Crippen molar-refractivity contribution < 1.29 is 0 Å². The Morgan fingerprint density at radius 1 is 1.20 bits per heavy atom. The molecule has 1 heterocycles. The van der Waals surface area contributed by atoms with E-state index in [4.69, 9.17) is 11.6 Å². The Kier molecular flexibility index (Phi) is 3.42. The molecule has 0 aliphatic heterocycles. The summed E-state index contributed by atoms with van der Waals surface area (Å²) in [7, 11) is 0. The number of hydrogen-bond donors (Lipinski definition) is 1. The van der Waals surface area contributed by atoms with Gasteiger partial charge in [-0.2, -0.15) is 12.6 Å². The SMILES string of the molecule is CC(C)(C)c1ncc(C(C)(C)S)cc1Cl. The van der Waals surface area contributed by atoms with Crippen LogP contribution in [0.1, 0.15) is 45.9 Å². The second-order valence-corrected chi connectivity index (χ2v) is 6.89. The minimum Gasteiger partial charge on any atom is -0.259 e. The maximum atomic E-state index is 6.22. The molecule has 3 heteroatoms. The molecule has 0 atom stereocenters. The third-order valence-electron chi connectivity index (χ3n) is 2.26. The smallest absolute Gasteiger partial charge is 0.0643 e. The highest BCUT2D eigenvalue weighted by molar-refractivity contribution is 7.81. The lowest BCUT2D eigenvalue weighted by atomic mass is 9.90. The molecule has 1 aromatic heterocycles. The third-order valence-corrected chi connectivity index (χ3v) is 2.80. The fourth-order valence-corrected chi connectivity index (χ4v) is 1.90. The van der Waals surface area contributed by atoms with Crippen molar-refractivity contribution >= 4 is 24.2 Å². The second kappa shape index (κ2) is 3.99. The molecule has 15 heavy (non-hydrogen) atoms. The zero-order valence-corrected chi connectivity index (χ0v) is 11.6. The highest BCUT2D eigenvalue weighted by Crippen LogP contribution is 2.33. The summed E-state index contributed by atoms with van der Waals surface area (Å²) in [5.41, 5.74) is 1.96. The largest absolute Gasteiger partial charge is 0.259 e. The van der Waals surface area contributed by atoms with Gasteiger partial charge in [0.15, 0.2) is 0 Å². The van der Waals surface area contributed by atoms with Gasteiger partial charge in [0.1, 0.15) is 0 Å². The van der Waals surface area contributed by atoms with Gasteiger partial charge in [-0.1, -0.05) is 32.4 Å². The minimum atomic E-state index is -0.201. The predicted molar refractivity (Wildman–Crippen MR) is 70.0 cm³/mol. The molecule has 0 aromatic carbocycles. The quantitative estimate of drug-likeness (QED) is 0.730. The highest BCUT2D eigenvalue weighted by atomic mass is 35.5. The average Bonchev–Trinajstić information content (AvgIpc) is 1.99. The predicted octanol–water partition coefficient (Wildman–Crippen LogP) is 4.20. The first kappa shape index (κ1) is 12.9. The molecule has 0 amide bonds. The van der Waals surface area contributed by atoms with Gasteiger partial charge in [-0.05, 0) is 25.5 Å². The van der Waals surface area contributed by atoms with Crippen LogP contribution in [0.15, 0.2) is 12.3 Å². The van der Waals surface area contributed by atoms with Crippen molar-refractivity contribution in [3.8, 4) is 0 Å². The zero-order chi connectivity index (χ0) is 11.9. The molecule has 0 N–H and O–H groups in total. The van der Waals surface area contributed by atoms with E-state index in [0.717, 1.165) is 16.3 Å². The summed E-state index contributed by atoms with van der Waals surface area (Å²) in [5.74, 6) is 0. The van der Waals surface area contributed by atoms with Crippen LogP contribution in [0.2, 0.25) is 5.02 Å². The summed E-state index contributed by atoms with van der Waals surface area (Å²) >= 11 is 10.7. The Hall–Kier alpha value is -0.210. The van der Waals surface area contributed by atoms with Gasteiger partial charge in [0.2, 0.25) is 0 Å². The molecule has 0 bridgehead atoms. The number of aromatic nitrogens is 1. The Bertz CT molecular complexity index is 361. The molecule has 0 saturated carbocycles. The standard InChI is InChI=1S/C12H18ClNS/c1-11(2,3)10-9(13)6-8(7-14-10)12(4,5)15/h6-7,15H,1-5H3. The summed E-state index contributed by atoms with van der Waals surface area (Å²) in [6.45, 7) is 10.4. The second-order valence-electron chi connectivity index (χ2n) is 5.36. The molecule has 0 aliphatic carbocycles. The number of rotatable bonds is 1. The topological polar surface area (TPSA) is 12.9 Å². The van der Waals surface area contributed by atoms with Crippen molar-refractivity contribution in [2.75, 3.05) is 0 Å². The molecule has 0 unspecified atom stereocenters. The number of halogens is 1. The summed E-state index contributed by atoms with van der Waals surface area (Å²) in [4.78, 5) is 4.44. The third kappa shape index (κ3) is 3.12. The minimum absolute atomic E-state index is 0.0175. The van der Waals surface area contributed by atoms with Crippen LogP contribution in [-0.2, 0) is 10.2 Å². The van der Waals surface area contributed by atoms with E-state index in [-0.39, 0.29) is 10.2 Å². The molecule has 0 aliphatic rings. The van der Waals surface area contributed by atoms with Gasteiger partial charge in [0.05, 0.1) is 10.7 Å².